The maximum atomic E-state index is 13.0. The number of para-hydroxylation sites is 1. The molecule has 1 aromatic heterocycles. The van der Waals surface area contributed by atoms with Crippen molar-refractivity contribution in [2.45, 2.75) is 25.4 Å². The summed E-state index contributed by atoms with van der Waals surface area (Å²) in [5.74, 6) is 1.34. The number of likely N-dealkylation sites (tertiary alicyclic amines) is 1. The van der Waals surface area contributed by atoms with Crippen molar-refractivity contribution in [2.75, 3.05) is 46.9 Å². The largest absolute Gasteiger partial charge is 0.497 e. The zero-order chi connectivity index (χ0) is 25.8. The fourth-order valence-electron chi connectivity index (χ4n) is 5.18. The quantitative estimate of drug-likeness (QED) is 0.493. The van der Waals surface area contributed by atoms with Crippen molar-refractivity contribution in [1.82, 2.24) is 20.1 Å². The van der Waals surface area contributed by atoms with Gasteiger partial charge in [-0.1, -0.05) is 18.2 Å². The molecule has 2 aliphatic heterocycles. The molecule has 0 radical (unpaired) electrons. The monoisotopic (exact) mass is 502 g/mol. The molecule has 37 heavy (non-hydrogen) atoms. The van der Waals surface area contributed by atoms with Gasteiger partial charge in [-0.25, -0.2) is 0 Å². The summed E-state index contributed by atoms with van der Waals surface area (Å²) in [6.07, 6.45) is 4.35. The van der Waals surface area contributed by atoms with Crippen molar-refractivity contribution in [3.05, 3.63) is 75.6 Å². The van der Waals surface area contributed by atoms with Gasteiger partial charge < -0.3 is 29.6 Å². The lowest BCUT2D eigenvalue weighted by atomic mass is 10.0. The highest BCUT2D eigenvalue weighted by Gasteiger charge is 2.21. The summed E-state index contributed by atoms with van der Waals surface area (Å²) in [5.41, 5.74) is 3.33. The number of nitrogens with one attached hydrogen (secondary N) is 2. The van der Waals surface area contributed by atoms with Crippen LogP contribution in [-0.2, 0) is 6.54 Å². The lowest BCUT2D eigenvalue weighted by Gasteiger charge is -2.33. The Morgan fingerprint density at radius 3 is 2.70 bits per heavy atom. The van der Waals surface area contributed by atoms with E-state index in [1.54, 1.807) is 18.7 Å². The highest BCUT2D eigenvalue weighted by Crippen LogP contribution is 2.26. The number of amides is 1. The van der Waals surface area contributed by atoms with Gasteiger partial charge in [0, 0.05) is 55.8 Å². The normalized spacial score (nSPS) is 16.1. The van der Waals surface area contributed by atoms with Gasteiger partial charge in [0.15, 0.2) is 0 Å². The molecular formula is C29H34N4O4. The molecule has 3 heterocycles. The van der Waals surface area contributed by atoms with Crippen molar-refractivity contribution < 1.29 is 14.3 Å². The van der Waals surface area contributed by atoms with Crippen LogP contribution in [0, 0.1) is 0 Å². The maximum absolute atomic E-state index is 13.0. The van der Waals surface area contributed by atoms with E-state index in [2.05, 4.69) is 27.7 Å². The van der Waals surface area contributed by atoms with Gasteiger partial charge in [0.1, 0.15) is 18.1 Å². The highest BCUT2D eigenvalue weighted by atomic mass is 16.5. The van der Waals surface area contributed by atoms with Crippen molar-refractivity contribution in [2.24, 2.45) is 0 Å². The smallest absolute Gasteiger partial charge is 0.251 e. The van der Waals surface area contributed by atoms with Gasteiger partial charge >= 0.3 is 0 Å². The molecule has 0 saturated carbocycles. The van der Waals surface area contributed by atoms with E-state index in [-0.39, 0.29) is 11.5 Å². The summed E-state index contributed by atoms with van der Waals surface area (Å²) in [6, 6.07) is 15.5. The second-order valence-electron chi connectivity index (χ2n) is 9.64. The first kappa shape index (κ1) is 25.0. The lowest BCUT2D eigenvalue weighted by molar-refractivity contribution is 0.0964. The van der Waals surface area contributed by atoms with Gasteiger partial charge in [-0.15, -0.1) is 0 Å². The van der Waals surface area contributed by atoms with Crippen LogP contribution in [0.4, 0.5) is 0 Å². The van der Waals surface area contributed by atoms with Gasteiger partial charge in [0.05, 0.1) is 18.2 Å². The highest BCUT2D eigenvalue weighted by molar-refractivity contribution is 6.06. The van der Waals surface area contributed by atoms with E-state index >= 15 is 0 Å². The Balaban J connectivity index is 1.19. The van der Waals surface area contributed by atoms with Crippen molar-refractivity contribution in [3.8, 4) is 11.5 Å². The van der Waals surface area contributed by atoms with Gasteiger partial charge in [-0.05, 0) is 55.8 Å². The number of carbonyl (C=O) groups is 1. The van der Waals surface area contributed by atoms with Gasteiger partial charge in [-0.2, -0.15) is 0 Å². The fraction of sp³-hybridized carbons (Fsp3) is 0.379. The summed E-state index contributed by atoms with van der Waals surface area (Å²) in [5, 5.41) is 7.07. The average molecular weight is 503 g/mol. The first-order valence-electron chi connectivity index (χ1n) is 12.9. The van der Waals surface area contributed by atoms with Crippen LogP contribution in [0.25, 0.3) is 17.0 Å². The molecule has 1 amide bonds. The number of piperidine rings is 1. The molecule has 2 aromatic carbocycles. The van der Waals surface area contributed by atoms with E-state index in [1.165, 1.54) is 11.6 Å². The summed E-state index contributed by atoms with van der Waals surface area (Å²) >= 11 is 0. The molecule has 194 valence electrons. The Kier molecular flexibility index (Phi) is 7.58. The first-order chi connectivity index (χ1) is 18.1. The molecule has 0 bridgehead atoms. The molecular weight excluding hydrogens is 468 g/mol. The van der Waals surface area contributed by atoms with E-state index in [9.17, 15) is 9.59 Å². The SMILES string of the molecule is CNC(=O)c1cc(=O)n(CCN2CCC(NCC3=Cc4ccccc4OC3)CC2)c2cc(OC)ccc12. The number of benzene rings is 2. The van der Waals surface area contributed by atoms with Crippen LogP contribution in [0.5, 0.6) is 11.5 Å². The summed E-state index contributed by atoms with van der Waals surface area (Å²) in [7, 11) is 3.17. The van der Waals surface area contributed by atoms with Crippen LogP contribution in [0.15, 0.2) is 58.9 Å². The van der Waals surface area contributed by atoms with Crippen molar-refractivity contribution in [1.29, 1.82) is 0 Å². The van der Waals surface area contributed by atoms with Gasteiger partial charge in [0.2, 0.25) is 0 Å². The number of rotatable bonds is 8. The predicted octanol–water partition coefficient (Wildman–Crippen LogP) is 2.90. The van der Waals surface area contributed by atoms with E-state index in [0.29, 0.717) is 36.0 Å². The third-order valence-corrected chi connectivity index (χ3v) is 7.33. The number of carbonyl (C=O) groups excluding carboxylic acids is 1. The maximum Gasteiger partial charge on any atom is 0.251 e. The molecule has 3 aromatic rings. The molecule has 1 fully saturated rings. The van der Waals surface area contributed by atoms with Gasteiger partial charge in [-0.3, -0.25) is 9.59 Å². The average Bonchev–Trinajstić information content (AvgIpc) is 2.95. The second kappa shape index (κ2) is 11.2. The molecule has 0 atom stereocenters. The minimum atomic E-state index is -0.270. The number of aromatic nitrogens is 1. The first-order valence-corrected chi connectivity index (χ1v) is 12.9. The summed E-state index contributed by atoms with van der Waals surface area (Å²) in [6.45, 7) is 4.74. The van der Waals surface area contributed by atoms with Crippen LogP contribution in [0.1, 0.15) is 28.8 Å². The molecule has 8 nitrogen and oxygen atoms in total. The zero-order valence-electron chi connectivity index (χ0n) is 21.5. The van der Waals surface area contributed by atoms with Crippen molar-refractivity contribution in [3.63, 3.8) is 0 Å². The van der Waals surface area contributed by atoms with E-state index in [1.807, 2.05) is 36.4 Å². The third kappa shape index (κ3) is 5.55. The molecule has 0 unspecified atom stereocenters. The van der Waals surface area contributed by atoms with E-state index < -0.39 is 0 Å². The number of pyridine rings is 1. The molecule has 8 heteroatoms. The fourth-order valence-corrected chi connectivity index (χ4v) is 5.18. The Morgan fingerprint density at radius 2 is 1.92 bits per heavy atom. The Hall–Kier alpha value is -3.62. The predicted molar refractivity (Wildman–Crippen MR) is 146 cm³/mol. The summed E-state index contributed by atoms with van der Waals surface area (Å²) in [4.78, 5) is 27.8. The standard InChI is InChI=1S/C29H34N4O4/c1-30-29(35)25-17-28(34)33(26-16-23(36-2)7-8-24(25)26)14-13-32-11-9-22(10-12-32)31-18-20-15-21-5-3-4-6-27(21)37-19-20/h3-8,15-17,22,31H,9-14,18-19H2,1-2H3,(H,30,35). The number of hydrogen-bond acceptors (Lipinski definition) is 6. The van der Waals surface area contributed by atoms with Crippen LogP contribution in [0.2, 0.25) is 0 Å². The number of ether oxygens (including phenoxy) is 2. The summed E-state index contributed by atoms with van der Waals surface area (Å²) < 4.78 is 13.0. The third-order valence-electron chi connectivity index (χ3n) is 7.33. The second-order valence-corrected chi connectivity index (χ2v) is 9.64. The lowest BCUT2D eigenvalue weighted by Crippen LogP contribution is -2.44. The molecule has 2 aliphatic rings. The molecule has 2 N–H and O–H groups in total. The number of fused-ring (bicyclic) bond motifs is 2. The van der Waals surface area contributed by atoms with E-state index in [0.717, 1.165) is 55.7 Å². The van der Waals surface area contributed by atoms with E-state index in [4.69, 9.17) is 9.47 Å². The number of methoxy groups -OCH3 is 1. The minimum absolute atomic E-state index is 0.180. The van der Waals surface area contributed by atoms with Crippen LogP contribution >= 0.6 is 0 Å². The zero-order valence-corrected chi connectivity index (χ0v) is 21.5. The minimum Gasteiger partial charge on any atom is -0.497 e. The number of hydrogen-bond donors (Lipinski definition) is 2. The Bertz CT molecular complexity index is 1370. The van der Waals surface area contributed by atoms with Crippen LogP contribution < -0.4 is 25.7 Å². The number of nitrogens with zero attached hydrogens (tertiary/aromatic N) is 2. The molecule has 0 aliphatic carbocycles. The van der Waals surface area contributed by atoms with Gasteiger partial charge in [0.25, 0.3) is 11.5 Å². The van der Waals surface area contributed by atoms with Crippen molar-refractivity contribution >= 4 is 22.9 Å². The van der Waals surface area contributed by atoms with Crippen LogP contribution in [0.3, 0.4) is 0 Å². The Morgan fingerprint density at radius 1 is 1.11 bits per heavy atom. The molecule has 5 rings (SSSR count). The Labute approximate surface area is 216 Å². The molecule has 0 spiro atoms. The topological polar surface area (TPSA) is 84.8 Å². The molecule has 1 saturated heterocycles. The van der Waals surface area contributed by atoms with Crippen LogP contribution in [-0.4, -0.2) is 68.4 Å².